The van der Waals surface area contributed by atoms with Gasteiger partial charge in [-0.15, -0.1) is 10.2 Å². The fourth-order valence-corrected chi connectivity index (χ4v) is 2.99. The van der Waals surface area contributed by atoms with Crippen molar-refractivity contribution in [1.82, 2.24) is 19.7 Å². The highest BCUT2D eigenvalue weighted by atomic mass is 16.5. The molecule has 0 fully saturated rings. The zero-order chi connectivity index (χ0) is 17.1. The van der Waals surface area contributed by atoms with Gasteiger partial charge in [0, 0.05) is 13.1 Å². The molecule has 1 aromatic carbocycles. The topological polar surface area (TPSA) is 60.2 Å². The van der Waals surface area contributed by atoms with Gasteiger partial charge in [-0.1, -0.05) is 32.0 Å². The highest BCUT2D eigenvalue weighted by molar-refractivity contribution is 5.77. The summed E-state index contributed by atoms with van der Waals surface area (Å²) in [6.07, 6.45) is 1.04. The Kier molecular flexibility index (Phi) is 4.83. The second-order valence-electron chi connectivity index (χ2n) is 6.27. The van der Waals surface area contributed by atoms with Crippen molar-refractivity contribution < 1.29 is 9.53 Å². The summed E-state index contributed by atoms with van der Waals surface area (Å²) in [6.45, 7) is 8.21. The van der Waals surface area contributed by atoms with Crippen LogP contribution in [0.2, 0.25) is 0 Å². The summed E-state index contributed by atoms with van der Waals surface area (Å²) >= 11 is 0. The SMILES string of the molecule is CC[C@H](C)c1ccccc1OCC(=O)N1CCn2c(C)nnc2C1. The summed E-state index contributed by atoms with van der Waals surface area (Å²) in [7, 11) is 0. The van der Waals surface area contributed by atoms with Crippen molar-refractivity contribution in [2.45, 2.75) is 46.2 Å². The molecule has 1 aliphatic rings. The van der Waals surface area contributed by atoms with Crippen LogP contribution in [-0.2, 0) is 17.9 Å². The zero-order valence-corrected chi connectivity index (χ0v) is 14.5. The fraction of sp³-hybridized carbons (Fsp3) is 0.500. The lowest BCUT2D eigenvalue weighted by molar-refractivity contribution is -0.134. The molecular weight excluding hydrogens is 304 g/mol. The van der Waals surface area contributed by atoms with Crippen LogP contribution in [-0.4, -0.2) is 38.7 Å². The fourth-order valence-electron chi connectivity index (χ4n) is 2.99. The van der Waals surface area contributed by atoms with Crippen molar-refractivity contribution >= 4 is 5.91 Å². The average molecular weight is 328 g/mol. The molecule has 0 radical (unpaired) electrons. The van der Waals surface area contributed by atoms with E-state index in [0.717, 1.165) is 35.9 Å². The summed E-state index contributed by atoms with van der Waals surface area (Å²) in [5.41, 5.74) is 1.15. The number of carbonyl (C=O) groups is 1. The van der Waals surface area contributed by atoms with Crippen LogP contribution in [0.1, 0.15) is 43.4 Å². The van der Waals surface area contributed by atoms with E-state index in [1.54, 1.807) is 4.90 Å². The van der Waals surface area contributed by atoms with Crippen molar-refractivity contribution in [3.05, 3.63) is 41.5 Å². The Morgan fingerprint density at radius 3 is 2.88 bits per heavy atom. The molecule has 0 unspecified atom stereocenters. The highest BCUT2D eigenvalue weighted by Gasteiger charge is 2.23. The molecule has 2 aromatic rings. The van der Waals surface area contributed by atoms with Gasteiger partial charge in [0.1, 0.15) is 11.6 Å². The van der Waals surface area contributed by atoms with E-state index in [1.807, 2.05) is 25.1 Å². The van der Waals surface area contributed by atoms with Gasteiger partial charge in [-0.05, 0) is 30.9 Å². The standard InChI is InChI=1S/C18H24N4O2/c1-4-13(2)15-7-5-6-8-16(15)24-12-18(23)21-9-10-22-14(3)19-20-17(22)11-21/h5-8,13H,4,9-12H2,1-3H3/t13-/m0/s1. The summed E-state index contributed by atoms with van der Waals surface area (Å²) in [5.74, 6) is 2.94. The maximum absolute atomic E-state index is 12.5. The third-order valence-electron chi connectivity index (χ3n) is 4.70. The maximum Gasteiger partial charge on any atom is 0.260 e. The molecule has 6 heteroatoms. The summed E-state index contributed by atoms with van der Waals surface area (Å²) in [4.78, 5) is 14.3. The molecule has 0 saturated carbocycles. The summed E-state index contributed by atoms with van der Waals surface area (Å²) in [6, 6.07) is 7.96. The van der Waals surface area contributed by atoms with E-state index >= 15 is 0 Å². The minimum absolute atomic E-state index is 0.0131. The molecule has 3 rings (SSSR count). The van der Waals surface area contributed by atoms with Crippen LogP contribution in [0.25, 0.3) is 0 Å². The van der Waals surface area contributed by atoms with Crippen LogP contribution in [0.5, 0.6) is 5.75 Å². The number of carbonyl (C=O) groups excluding carboxylic acids is 1. The zero-order valence-electron chi connectivity index (χ0n) is 14.5. The van der Waals surface area contributed by atoms with E-state index in [4.69, 9.17) is 4.74 Å². The molecule has 0 aliphatic carbocycles. The number of hydrogen-bond acceptors (Lipinski definition) is 4. The van der Waals surface area contributed by atoms with Gasteiger partial charge in [0.2, 0.25) is 0 Å². The minimum atomic E-state index is -0.0131. The number of fused-ring (bicyclic) bond motifs is 1. The van der Waals surface area contributed by atoms with E-state index in [9.17, 15) is 4.79 Å². The number of aromatic nitrogens is 3. The quantitative estimate of drug-likeness (QED) is 0.846. The van der Waals surface area contributed by atoms with Crippen LogP contribution in [0.15, 0.2) is 24.3 Å². The molecule has 6 nitrogen and oxygen atoms in total. The maximum atomic E-state index is 12.5. The van der Waals surface area contributed by atoms with Gasteiger partial charge in [-0.2, -0.15) is 0 Å². The number of benzene rings is 1. The van der Waals surface area contributed by atoms with Gasteiger partial charge in [-0.3, -0.25) is 4.79 Å². The summed E-state index contributed by atoms with van der Waals surface area (Å²) in [5, 5.41) is 8.20. The van der Waals surface area contributed by atoms with Crippen molar-refractivity contribution in [1.29, 1.82) is 0 Å². The molecule has 128 valence electrons. The first kappa shape index (κ1) is 16.5. The van der Waals surface area contributed by atoms with E-state index in [1.165, 1.54) is 0 Å². The van der Waals surface area contributed by atoms with Crippen LogP contribution in [0, 0.1) is 6.92 Å². The Bertz CT molecular complexity index is 726. The molecule has 2 heterocycles. The molecule has 1 aromatic heterocycles. The lowest BCUT2D eigenvalue weighted by atomic mass is 9.98. The van der Waals surface area contributed by atoms with Crippen LogP contribution < -0.4 is 4.74 Å². The third kappa shape index (κ3) is 3.27. The first-order chi connectivity index (χ1) is 11.6. The second-order valence-corrected chi connectivity index (χ2v) is 6.27. The first-order valence-corrected chi connectivity index (χ1v) is 8.48. The smallest absolute Gasteiger partial charge is 0.260 e. The molecule has 0 bridgehead atoms. The number of amides is 1. The molecule has 0 N–H and O–H groups in total. The van der Waals surface area contributed by atoms with Gasteiger partial charge in [0.05, 0.1) is 6.54 Å². The Balaban J connectivity index is 1.63. The normalized spacial score (nSPS) is 15.0. The number of aryl methyl sites for hydroxylation is 1. The molecule has 0 spiro atoms. The number of hydrogen-bond donors (Lipinski definition) is 0. The molecule has 1 aliphatic heterocycles. The van der Waals surface area contributed by atoms with Crippen LogP contribution >= 0.6 is 0 Å². The summed E-state index contributed by atoms with van der Waals surface area (Å²) < 4.78 is 7.89. The predicted octanol–water partition coefficient (Wildman–Crippen LogP) is 2.52. The average Bonchev–Trinajstić information content (AvgIpc) is 2.99. The largest absolute Gasteiger partial charge is 0.483 e. The Labute approximate surface area is 142 Å². The second kappa shape index (κ2) is 7.03. The Morgan fingerprint density at radius 2 is 2.08 bits per heavy atom. The van der Waals surface area contributed by atoms with Crippen molar-refractivity contribution in [3.8, 4) is 5.75 Å². The highest BCUT2D eigenvalue weighted by Crippen LogP contribution is 2.28. The van der Waals surface area contributed by atoms with Gasteiger partial charge < -0.3 is 14.2 Å². The van der Waals surface area contributed by atoms with Gasteiger partial charge in [0.15, 0.2) is 12.4 Å². The lowest BCUT2D eigenvalue weighted by Gasteiger charge is -2.27. The van der Waals surface area contributed by atoms with Crippen LogP contribution in [0.4, 0.5) is 0 Å². The molecule has 1 amide bonds. The first-order valence-electron chi connectivity index (χ1n) is 8.48. The van der Waals surface area contributed by atoms with E-state index in [0.29, 0.717) is 19.0 Å². The van der Waals surface area contributed by atoms with E-state index in [2.05, 4.69) is 34.7 Å². The molecule has 1 atom stereocenters. The number of rotatable bonds is 5. The molecule has 24 heavy (non-hydrogen) atoms. The van der Waals surface area contributed by atoms with E-state index < -0.39 is 0 Å². The monoisotopic (exact) mass is 328 g/mol. The number of para-hydroxylation sites is 1. The van der Waals surface area contributed by atoms with E-state index in [-0.39, 0.29) is 12.5 Å². The predicted molar refractivity (Wildman–Crippen MR) is 90.8 cm³/mol. The van der Waals surface area contributed by atoms with Gasteiger partial charge >= 0.3 is 0 Å². The Morgan fingerprint density at radius 1 is 1.29 bits per heavy atom. The minimum Gasteiger partial charge on any atom is -0.483 e. The molecule has 0 saturated heterocycles. The molecular formula is C18H24N4O2. The third-order valence-corrected chi connectivity index (χ3v) is 4.70. The van der Waals surface area contributed by atoms with Crippen molar-refractivity contribution in [2.75, 3.05) is 13.2 Å². The van der Waals surface area contributed by atoms with Crippen molar-refractivity contribution in [2.24, 2.45) is 0 Å². The van der Waals surface area contributed by atoms with Gasteiger partial charge in [0.25, 0.3) is 5.91 Å². The lowest BCUT2D eigenvalue weighted by Crippen LogP contribution is -2.41. The van der Waals surface area contributed by atoms with Gasteiger partial charge in [-0.25, -0.2) is 0 Å². The number of nitrogens with zero attached hydrogens (tertiary/aromatic N) is 4. The van der Waals surface area contributed by atoms with Crippen LogP contribution in [0.3, 0.4) is 0 Å². The Hall–Kier alpha value is -2.37. The number of ether oxygens (including phenoxy) is 1. The van der Waals surface area contributed by atoms with Crippen molar-refractivity contribution in [3.63, 3.8) is 0 Å².